The van der Waals surface area contributed by atoms with Gasteiger partial charge in [0.15, 0.2) is 0 Å². The van der Waals surface area contributed by atoms with E-state index < -0.39 is 17.7 Å². The molecule has 1 spiro atoms. The van der Waals surface area contributed by atoms with Crippen molar-refractivity contribution in [2.75, 3.05) is 0 Å². The molecule has 0 aromatic rings. The molecular weight excluding hydrogens is 244 g/mol. The van der Waals surface area contributed by atoms with E-state index in [1.807, 2.05) is 0 Å². The SMILES string of the molecule is CC=C1C(=O)OC2(OC1=O)C1CC3CC(C1)CC2C3. The number of hydrogen-bond acceptors (Lipinski definition) is 4. The molecule has 0 unspecified atom stereocenters. The molecule has 0 N–H and O–H groups in total. The Labute approximate surface area is 112 Å². The van der Waals surface area contributed by atoms with Crippen LogP contribution in [0.1, 0.15) is 39.0 Å². The van der Waals surface area contributed by atoms with E-state index in [1.165, 1.54) is 12.5 Å². The Morgan fingerprint density at radius 3 is 1.84 bits per heavy atom. The highest BCUT2D eigenvalue weighted by atomic mass is 16.7. The van der Waals surface area contributed by atoms with Crippen molar-refractivity contribution in [3.8, 4) is 0 Å². The highest BCUT2D eigenvalue weighted by molar-refractivity contribution is 6.15. The van der Waals surface area contributed by atoms with Gasteiger partial charge in [0.25, 0.3) is 5.79 Å². The third kappa shape index (κ3) is 1.40. The topological polar surface area (TPSA) is 52.6 Å². The highest BCUT2D eigenvalue weighted by Crippen LogP contribution is 2.60. The van der Waals surface area contributed by atoms with Gasteiger partial charge in [0, 0.05) is 11.8 Å². The Hall–Kier alpha value is -1.32. The van der Waals surface area contributed by atoms with Crippen molar-refractivity contribution < 1.29 is 19.1 Å². The number of hydrogen-bond donors (Lipinski definition) is 0. The molecule has 0 radical (unpaired) electrons. The lowest BCUT2D eigenvalue weighted by atomic mass is 9.53. The molecule has 19 heavy (non-hydrogen) atoms. The first-order chi connectivity index (χ1) is 9.12. The summed E-state index contributed by atoms with van der Waals surface area (Å²) in [5.74, 6) is -0.00137. The Bertz CT molecular complexity index is 440. The lowest BCUT2D eigenvalue weighted by Crippen LogP contribution is -2.63. The minimum absolute atomic E-state index is 0.0411. The van der Waals surface area contributed by atoms with Gasteiger partial charge in [0.05, 0.1) is 0 Å². The van der Waals surface area contributed by atoms with Gasteiger partial charge in [-0.3, -0.25) is 0 Å². The summed E-state index contributed by atoms with van der Waals surface area (Å²) in [6.07, 6.45) is 6.95. The first kappa shape index (κ1) is 11.5. The van der Waals surface area contributed by atoms with Crippen molar-refractivity contribution in [3.63, 3.8) is 0 Å². The number of esters is 2. The summed E-state index contributed by atoms with van der Waals surface area (Å²) < 4.78 is 11.3. The average molecular weight is 262 g/mol. The summed E-state index contributed by atoms with van der Waals surface area (Å²) in [6, 6.07) is 0. The summed E-state index contributed by atoms with van der Waals surface area (Å²) in [5, 5.41) is 0. The van der Waals surface area contributed by atoms with Crippen LogP contribution in [0.2, 0.25) is 0 Å². The van der Waals surface area contributed by atoms with Gasteiger partial charge in [-0.25, -0.2) is 9.59 Å². The van der Waals surface area contributed by atoms with E-state index in [9.17, 15) is 9.59 Å². The van der Waals surface area contributed by atoms with E-state index in [2.05, 4.69) is 0 Å². The number of ether oxygens (including phenoxy) is 2. The van der Waals surface area contributed by atoms with Crippen molar-refractivity contribution in [2.24, 2.45) is 23.7 Å². The third-order valence-corrected chi connectivity index (χ3v) is 5.51. The summed E-state index contributed by atoms with van der Waals surface area (Å²) in [6.45, 7) is 1.66. The summed E-state index contributed by atoms with van der Waals surface area (Å²) >= 11 is 0. The van der Waals surface area contributed by atoms with Crippen LogP contribution in [0.15, 0.2) is 11.6 Å². The zero-order chi connectivity index (χ0) is 13.2. The van der Waals surface area contributed by atoms with Crippen molar-refractivity contribution >= 4 is 11.9 Å². The van der Waals surface area contributed by atoms with Gasteiger partial charge in [0.2, 0.25) is 0 Å². The molecule has 4 bridgehead atoms. The van der Waals surface area contributed by atoms with Gasteiger partial charge in [0.1, 0.15) is 5.57 Å². The molecule has 1 saturated heterocycles. The van der Waals surface area contributed by atoms with Gasteiger partial charge >= 0.3 is 11.9 Å². The first-order valence-electron chi connectivity index (χ1n) is 7.25. The Morgan fingerprint density at radius 2 is 1.42 bits per heavy atom. The van der Waals surface area contributed by atoms with Crippen LogP contribution in [-0.4, -0.2) is 17.7 Å². The molecule has 5 aliphatic rings. The molecule has 5 fully saturated rings. The fourth-order valence-electron chi connectivity index (χ4n) is 4.91. The van der Waals surface area contributed by atoms with Crippen LogP contribution in [0.5, 0.6) is 0 Å². The van der Waals surface area contributed by atoms with Crippen molar-refractivity contribution in [2.45, 2.75) is 44.8 Å². The zero-order valence-electron chi connectivity index (χ0n) is 11.1. The van der Waals surface area contributed by atoms with Crippen molar-refractivity contribution in [3.05, 3.63) is 11.6 Å². The predicted molar refractivity (Wildman–Crippen MR) is 65.7 cm³/mol. The molecule has 4 saturated carbocycles. The van der Waals surface area contributed by atoms with Gasteiger partial charge in [-0.15, -0.1) is 0 Å². The second-order valence-electron chi connectivity index (χ2n) is 6.51. The molecule has 0 amide bonds. The molecule has 0 aromatic carbocycles. The van der Waals surface area contributed by atoms with E-state index in [-0.39, 0.29) is 17.4 Å². The van der Waals surface area contributed by atoms with Crippen LogP contribution in [0.4, 0.5) is 0 Å². The molecule has 0 atom stereocenters. The van der Waals surface area contributed by atoms with Gasteiger partial charge in [-0.1, -0.05) is 6.08 Å². The molecule has 102 valence electrons. The highest BCUT2D eigenvalue weighted by Gasteiger charge is 2.64. The van der Waals surface area contributed by atoms with Crippen LogP contribution >= 0.6 is 0 Å². The monoisotopic (exact) mass is 262 g/mol. The predicted octanol–water partition coefficient (Wildman–Crippen LogP) is 2.19. The second kappa shape index (κ2) is 3.62. The van der Waals surface area contributed by atoms with E-state index in [1.54, 1.807) is 6.92 Å². The van der Waals surface area contributed by atoms with Gasteiger partial charge in [-0.2, -0.15) is 0 Å². The molecule has 0 aromatic heterocycles. The minimum atomic E-state index is -0.936. The van der Waals surface area contributed by atoms with E-state index in [4.69, 9.17) is 9.47 Å². The van der Waals surface area contributed by atoms with Crippen LogP contribution < -0.4 is 0 Å². The molecular formula is C15H18O4. The van der Waals surface area contributed by atoms with E-state index in [0.29, 0.717) is 0 Å². The number of carbonyl (C=O) groups is 2. The maximum absolute atomic E-state index is 12.0. The second-order valence-corrected chi connectivity index (χ2v) is 6.51. The zero-order valence-corrected chi connectivity index (χ0v) is 11.1. The third-order valence-electron chi connectivity index (χ3n) is 5.51. The average Bonchev–Trinajstić information content (AvgIpc) is 2.35. The van der Waals surface area contributed by atoms with Crippen molar-refractivity contribution in [1.29, 1.82) is 0 Å². The van der Waals surface area contributed by atoms with Crippen LogP contribution in [-0.2, 0) is 19.1 Å². The molecule has 5 rings (SSSR count). The summed E-state index contributed by atoms with van der Waals surface area (Å²) in [5.41, 5.74) is 0.0411. The normalized spacial score (nSPS) is 47.3. The van der Waals surface area contributed by atoms with E-state index >= 15 is 0 Å². The number of carbonyl (C=O) groups excluding carboxylic acids is 2. The fraction of sp³-hybridized carbons (Fsp3) is 0.733. The van der Waals surface area contributed by atoms with E-state index in [0.717, 1.165) is 37.5 Å². The number of rotatable bonds is 0. The molecule has 4 heteroatoms. The standard InChI is InChI=1S/C15H18O4/c1-2-12-13(16)18-15(19-14(12)17)10-4-8-3-9(6-10)7-11(15)5-8/h2,8-11H,3-7H2,1H3. The van der Waals surface area contributed by atoms with Crippen LogP contribution in [0, 0.1) is 23.7 Å². The molecule has 1 heterocycles. The Kier molecular flexibility index (Phi) is 2.19. The number of allylic oxidation sites excluding steroid dienone is 1. The van der Waals surface area contributed by atoms with Gasteiger partial charge in [-0.05, 0) is 50.9 Å². The molecule has 4 aliphatic carbocycles. The molecule has 4 nitrogen and oxygen atoms in total. The first-order valence-corrected chi connectivity index (χ1v) is 7.25. The van der Waals surface area contributed by atoms with Crippen molar-refractivity contribution in [1.82, 2.24) is 0 Å². The summed E-state index contributed by atoms with van der Waals surface area (Å²) in [4.78, 5) is 24.1. The fourth-order valence-corrected chi connectivity index (χ4v) is 4.91. The summed E-state index contributed by atoms with van der Waals surface area (Å²) in [7, 11) is 0. The lowest BCUT2D eigenvalue weighted by Gasteiger charge is -2.59. The maximum atomic E-state index is 12.0. The Morgan fingerprint density at radius 1 is 0.947 bits per heavy atom. The van der Waals surface area contributed by atoms with Crippen LogP contribution in [0.25, 0.3) is 0 Å². The Balaban J connectivity index is 1.71. The molecule has 1 aliphatic heterocycles. The van der Waals surface area contributed by atoms with Gasteiger partial charge < -0.3 is 9.47 Å². The smallest absolute Gasteiger partial charge is 0.348 e. The minimum Gasteiger partial charge on any atom is -0.418 e. The lowest BCUT2D eigenvalue weighted by molar-refractivity contribution is -0.313. The van der Waals surface area contributed by atoms with Crippen LogP contribution in [0.3, 0.4) is 0 Å². The quantitative estimate of drug-likeness (QED) is 0.381. The maximum Gasteiger partial charge on any atom is 0.348 e. The largest absolute Gasteiger partial charge is 0.418 e.